The first-order valence-electron chi connectivity index (χ1n) is 7.35. The number of carbonyl (C=O) groups excluding carboxylic acids is 1. The molecule has 1 aromatic heterocycles. The van der Waals surface area contributed by atoms with Crippen LogP contribution in [0.4, 0.5) is 0 Å². The van der Waals surface area contributed by atoms with Gasteiger partial charge in [-0.2, -0.15) is 0 Å². The maximum absolute atomic E-state index is 12.6. The van der Waals surface area contributed by atoms with Gasteiger partial charge in [-0.15, -0.1) is 0 Å². The number of aromatic nitrogens is 1. The lowest BCUT2D eigenvalue weighted by molar-refractivity contribution is 0.0724. The van der Waals surface area contributed by atoms with Gasteiger partial charge in [-0.1, -0.05) is 13.8 Å². The smallest absolute Gasteiger partial charge is 0.253 e. The van der Waals surface area contributed by atoms with Crippen LogP contribution in [0, 0.1) is 13.8 Å². The number of nitrogens with zero attached hydrogens (tertiary/aromatic N) is 1. The molecular weight excluding hydrogens is 248 g/mol. The Bertz CT molecular complexity index is 623. The highest BCUT2D eigenvalue weighted by atomic mass is 16.2. The van der Waals surface area contributed by atoms with Crippen LogP contribution in [0.3, 0.4) is 0 Å². The summed E-state index contributed by atoms with van der Waals surface area (Å²) in [5.74, 6) is 0.110. The molecular formula is C17H24N2O. The molecule has 0 bridgehead atoms. The Morgan fingerprint density at radius 2 is 1.90 bits per heavy atom. The quantitative estimate of drug-likeness (QED) is 0.895. The number of rotatable bonds is 4. The Kier molecular flexibility index (Phi) is 4.17. The predicted molar refractivity (Wildman–Crippen MR) is 84.2 cm³/mol. The molecule has 108 valence electrons. The molecule has 0 unspecified atom stereocenters. The van der Waals surface area contributed by atoms with E-state index in [-0.39, 0.29) is 5.91 Å². The molecule has 1 heterocycles. The van der Waals surface area contributed by atoms with Crippen LogP contribution in [0.5, 0.6) is 0 Å². The summed E-state index contributed by atoms with van der Waals surface area (Å²) >= 11 is 0. The van der Waals surface area contributed by atoms with Crippen LogP contribution < -0.4 is 0 Å². The highest BCUT2D eigenvalue weighted by molar-refractivity contribution is 5.99. The van der Waals surface area contributed by atoms with Gasteiger partial charge in [-0.05, 0) is 50.5 Å². The first-order valence-corrected chi connectivity index (χ1v) is 7.35. The molecule has 1 aromatic carbocycles. The van der Waals surface area contributed by atoms with Crippen LogP contribution in [-0.4, -0.2) is 28.9 Å². The van der Waals surface area contributed by atoms with E-state index in [1.807, 2.05) is 30.1 Å². The van der Waals surface area contributed by atoms with Crippen LogP contribution in [0.15, 0.2) is 18.2 Å². The maximum atomic E-state index is 12.6. The molecule has 0 atom stereocenters. The van der Waals surface area contributed by atoms with Gasteiger partial charge < -0.3 is 9.88 Å². The number of H-pyrrole nitrogens is 1. The molecule has 3 nitrogen and oxygen atoms in total. The molecule has 2 aromatic rings. The Hall–Kier alpha value is -1.77. The van der Waals surface area contributed by atoms with E-state index in [0.29, 0.717) is 6.04 Å². The fourth-order valence-corrected chi connectivity index (χ4v) is 2.80. The Morgan fingerprint density at radius 1 is 1.25 bits per heavy atom. The highest BCUT2D eigenvalue weighted by Gasteiger charge is 2.19. The second-order valence-corrected chi connectivity index (χ2v) is 5.52. The third kappa shape index (κ3) is 2.45. The Morgan fingerprint density at radius 3 is 2.50 bits per heavy atom. The average molecular weight is 272 g/mol. The van der Waals surface area contributed by atoms with Gasteiger partial charge >= 0.3 is 0 Å². The van der Waals surface area contributed by atoms with Crippen molar-refractivity contribution in [2.75, 3.05) is 7.05 Å². The minimum atomic E-state index is 0.110. The van der Waals surface area contributed by atoms with Crippen molar-refractivity contribution in [2.45, 2.75) is 46.6 Å². The topological polar surface area (TPSA) is 36.1 Å². The van der Waals surface area contributed by atoms with Crippen molar-refractivity contribution in [3.8, 4) is 0 Å². The number of hydrogen-bond acceptors (Lipinski definition) is 1. The molecule has 3 heteroatoms. The van der Waals surface area contributed by atoms with Crippen molar-refractivity contribution in [1.29, 1.82) is 0 Å². The van der Waals surface area contributed by atoms with Gasteiger partial charge in [0.25, 0.3) is 5.91 Å². The molecule has 0 saturated heterocycles. The summed E-state index contributed by atoms with van der Waals surface area (Å²) < 4.78 is 0. The van der Waals surface area contributed by atoms with Gasteiger partial charge in [-0.25, -0.2) is 0 Å². The Labute approximate surface area is 121 Å². The van der Waals surface area contributed by atoms with Crippen LogP contribution in [-0.2, 0) is 0 Å². The van der Waals surface area contributed by atoms with Gasteiger partial charge in [0.1, 0.15) is 0 Å². The van der Waals surface area contributed by atoms with Crippen LogP contribution in [0.1, 0.15) is 48.3 Å². The van der Waals surface area contributed by atoms with E-state index in [1.54, 1.807) is 0 Å². The lowest BCUT2D eigenvalue weighted by Gasteiger charge is -2.26. The summed E-state index contributed by atoms with van der Waals surface area (Å²) in [7, 11) is 1.90. The van der Waals surface area contributed by atoms with E-state index >= 15 is 0 Å². The molecule has 1 N–H and O–H groups in total. The maximum Gasteiger partial charge on any atom is 0.253 e. The van der Waals surface area contributed by atoms with E-state index in [9.17, 15) is 4.79 Å². The van der Waals surface area contributed by atoms with E-state index in [2.05, 4.69) is 32.7 Å². The molecule has 20 heavy (non-hydrogen) atoms. The molecule has 0 spiro atoms. The van der Waals surface area contributed by atoms with E-state index in [0.717, 1.165) is 35.0 Å². The monoisotopic (exact) mass is 272 g/mol. The summed E-state index contributed by atoms with van der Waals surface area (Å²) in [4.78, 5) is 17.8. The predicted octanol–water partition coefficient (Wildman–Crippen LogP) is 4.05. The summed E-state index contributed by atoms with van der Waals surface area (Å²) in [5, 5.41) is 1.14. The second-order valence-electron chi connectivity index (χ2n) is 5.52. The second kappa shape index (κ2) is 5.70. The number of fused-ring (bicyclic) bond motifs is 1. The van der Waals surface area contributed by atoms with Gasteiger partial charge in [-0.3, -0.25) is 4.79 Å². The molecule has 0 radical (unpaired) electrons. The van der Waals surface area contributed by atoms with Gasteiger partial charge in [0, 0.05) is 35.2 Å². The minimum Gasteiger partial charge on any atom is -0.358 e. The van der Waals surface area contributed by atoms with E-state index in [4.69, 9.17) is 0 Å². The number of nitrogens with one attached hydrogen (secondary N) is 1. The molecule has 0 saturated carbocycles. The lowest BCUT2D eigenvalue weighted by atomic mass is 10.1. The van der Waals surface area contributed by atoms with Crippen molar-refractivity contribution < 1.29 is 4.79 Å². The van der Waals surface area contributed by atoms with Crippen LogP contribution >= 0.6 is 0 Å². The van der Waals surface area contributed by atoms with Gasteiger partial charge in [0.15, 0.2) is 0 Å². The molecule has 0 fully saturated rings. The van der Waals surface area contributed by atoms with Gasteiger partial charge in [0.05, 0.1) is 0 Å². The van der Waals surface area contributed by atoms with E-state index in [1.165, 1.54) is 5.56 Å². The fourth-order valence-electron chi connectivity index (χ4n) is 2.80. The van der Waals surface area contributed by atoms with Crippen molar-refractivity contribution in [3.05, 3.63) is 35.0 Å². The number of carbonyl (C=O) groups is 1. The summed E-state index contributed by atoms with van der Waals surface area (Å²) in [6.45, 7) is 8.40. The van der Waals surface area contributed by atoms with Crippen molar-refractivity contribution >= 4 is 16.8 Å². The lowest BCUT2D eigenvalue weighted by Crippen LogP contribution is -2.36. The van der Waals surface area contributed by atoms with Crippen LogP contribution in [0.25, 0.3) is 10.9 Å². The zero-order chi connectivity index (χ0) is 14.9. The largest absolute Gasteiger partial charge is 0.358 e. The Balaban J connectivity index is 2.37. The van der Waals surface area contributed by atoms with Crippen molar-refractivity contribution in [1.82, 2.24) is 9.88 Å². The number of aryl methyl sites for hydroxylation is 2. The highest BCUT2D eigenvalue weighted by Crippen LogP contribution is 2.23. The average Bonchev–Trinajstić information content (AvgIpc) is 2.74. The third-order valence-corrected chi connectivity index (χ3v) is 4.37. The zero-order valence-electron chi connectivity index (χ0n) is 13.1. The van der Waals surface area contributed by atoms with Gasteiger partial charge in [0.2, 0.25) is 0 Å². The SMILES string of the molecule is CCC(CC)N(C)C(=O)c1ccc2[nH]c(C)c(C)c2c1. The summed E-state index contributed by atoms with van der Waals surface area (Å²) in [5.41, 5.74) is 4.26. The molecule has 1 amide bonds. The summed E-state index contributed by atoms with van der Waals surface area (Å²) in [6.07, 6.45) is 1.98. The first-order chi connectivity index (χ1) is 9.49. The van der Waals surface area contributed by atoms with E-state index < -0.39 is 0 Å². The number of hydrogen-bond donors (Lipinski definition) is 1. The van der Waals surface area contributed by atoms with Crippen LogP contribution in [0.2, 0.25) is 0 Å². The number of aromatic amines is 1. The normalized spacial score (nSPS) is 11.3. The molecule has 0 aliphatic heterocycles. The minimum absolute atomic E-state index is 0.110. The standard InChI is InChI=1S/C17H24N2O/c1-6-14(7-2)19(5)17(20)13-8-9-16-15(10-13)11(3)12(4)18-16/h8-10,14,18H,6-7H2,1-5H3. The first kappa shape index (κ1) is 14.6. The van der Waals surface area contributed by atoms with Crippen molar-refractivity contribution in [2.24, 2.45) is 0 Å². The number of benzene rings is 1. The molecule has 0 aliphatic rings. The molecule has 2 rings (SSSR count). The van der Waals surface area contributed by atoms with Crippen molar-refractivity contribution in [3.63, 3.8) is 0 Å². The third-order valence-electron chi connectivity index (χ3n) is 4.37. The fraction of sp³-hybridized carbons (Fsp3) is 0.471. The summed E-state index contributed by atoms with van der Waals surface area (Å²) in [6, 6.07) is 6.24. The zero-order valence-corrected chi connectivity index (χ0v) is 13.1. The molecule has 0 aliphatic carbocycles. The number of amides is 1.